The van der Waals surface area contributed by atoms with E-state index in [0.29, 0.717) is 12.5 Å². The summed E-state index contributed by atoms with van der Waals surface area (Å²) in [6.07, 6.45) is 1.83. The highest BCUT2D eigenvalue weighted by atomic mass is 32.1. The van der Waals surface area contributed by atoms with Crippen LogP contribution in [0.5, 0.6) is 0 Å². The van der Waals surface area contributed by atoms with Crippen LogP contribution in [0.3, 0.4) is 0 Å². The van der Waals surface area contributed by atoms with Crippen LogP contribution in [0.25, 0.3) is 0 Å². The summed E-state index contributed by atoms with van der Waals surface area (Å²) in [4.78, 5) is 11.7. The second-order valence-electron chi connectivity index (χ2n) is 3.80. The summed E-state index contributed by atoms with van der Waals surface area (Å²) in [6.45, 7) is 5.56. The number of rotatable bonds is 4. The SMILES string of the molecule is CN=C(NC#N)NCCN(C)c1nc(C)c(C)s1. The fourth-order valence-corrected chi connectivity index (χ4v) is 2.19. The average Bonchev–Trinajstić information content (AvgIpc) is 2.68. The maximum Gasteiger partial charge on any atom is 0.204 e. The van der Waals surface area contributed by atoms with Gasteiger partial charge in [0.1, 0.15) is 0 Å². The quantitative estimate of drug-likeness (QED) is 0.365. The average molecular weight is 266 g/mol. The zero-order chi connectivity index (χ0) is 13.5. The number of nitrogens with one attached hydrogen (secondary N) is 2. The Morgan fingerprint density at radius 2 is 2.28 bits per heavy atom. The van der Waals surface area contributed by atoms with Gasteiger partial charge < -0.3 is 10.2 Å². The molecular weight excluding hydrogens is 248 g/mol. The molecule has 0 spiro atoms. The second-order valence-corrected chi connectivity index (χ2v) is 4.98. The van der Waals surface area contributed by atoms with Gasteiger partial charge in [-0.2, -0.15) is 5.26 Å². The van der Waals surface area contributed by atoms with Crippen molar-refractivity contribution in [3.8, 4) is 6.19 Å². The number of aromatic nitrogens is 1. The van der Waals surface area contributed by atoms with Crippen LogP contribution in [0.2, 0.25) is 0 Å². The first kappa shape index (κ1) is 14.3. The van der Waals surface area contributed by atoms with E-state index in [-0.39, 0.29) is 0 Å². The standard InChI is InChI=1S/C11H18N6S/c1-8-9(2)18-11(16-8)17(4)6-5-14-10(13-3)15-7-12/h5-6H2,1-4H3,(H2,13,14,15). The summed E-state index contributed by atoms with van der Waals surface area (Å²) in [5, 5.41) is 15.0. The summed E-state index contributed by atoms with van der Waals surface area (Å²) in [5.41, 5.74) is 1.08. The molecule has 0 amide bonds. The molecule has 1 aromatic rings. The largest absolute Gasteiger partial charge is 0.354 e. The van der Waals surface area contributed by atoms with Crippen LogP contribution in [-0.4, -0.2) is 38.1 Å². The predicted molar refractivity (Wildman–Crippen MR) is 75.0 cm³/mol. The van der Waals surface area contributed by atoms with Gasteiger partial charge in [-0.25, -0.2) is 4.98 Å². The van der Waals surface area contributed by atoms with Gasteiger partial charge in [0.2, 0.25) is 5.96 Å². The van der Waals surface area contributed by atoms with Gasteiger partial charge in [-0.05, 0) is 13.8 Å². The van der Waals surface area contributed by atoms with Crippen molar-refractivity contribution >= 4 is 22.4 Å². The Kier molecular flexibility index (Phi) is 5.39. The minimum absolute atomic E-state index is 0.484. The van der Waals surface area contributed by atoms with Crippen LogP contribution in [0.4, 0.5) is 5.13 Å². The van der Waals surface area contributed by atoms with Crippen LogP contribution >= 0.6 is 11.3 Å². The molecule has 0 aliphatic heterocycles. The Morgan fingerprint density at radius 1 is 1.56 bits per heavy atom. The van der Waals surface area contributed by atoms with E-state index in [2.05, 4.69) is 32.4 Å². The molecule has 0 saturated carbocycles. The van der Waals surface area contributed by atoms with Gasteiger partial charge in [0.25, 0.3) is 0 Å². The van der Waals surface area contributed by atoms with Crippen molar-refractivity contribution in [3.05, 3.63) is 10.6 Å². The molecule has 6 nitrogen and oxygen atoms in total. The third-order valence-electron chi connectivity index (χ3n) is 2.48. The van der Waals surface area contributed by atoms with Gasteiger partial charge in [0.15, 0.2) is 11.3 Å². The molecule has 1 aromatic heterocycles. The summed E-state index contributed by atoms with van der Waals surface area (Å²) in [7, 11) is 3.63. The van der Waals surface area contributed by atoms with Crippen LogP contribution in [0.1, 0.15) is 10.6 Å². The fourth-order valence-electron chi connectivity index (χ4n) is 1.29. The number of nitrogens with zero attached hydrogens (tertiary/aromatic N) is 4. The fraction of sp³-hybridized carbons (Fsp3) is 0.545. The molecule has 0 aliphatic rings. The number of thiazole rings is 1. The zero-order valence-electron chi connectivity index (χ0n) is 11.1. The smallest absolute Gasteiger partial charge is 0.204 e. The van der Waals surface area contributed by atoms with E-state index in [9.17, 15) is 0 Å². The van der Waals surface area contributed by atoms with Crippen molar-refractivity contribution in [2.24, 2.45) is 4.99 Å². The summed E-state index contributed by atoms with van der Waals surface area (Å²) in [5.74, 6) is 0.484. The molecule has 0 fully saturated rings. The maximum atomic E-state index is 8.49. The Morgan fingerprint density at radius 3 is 2.78 bits per heavy atom. The molecule has 0 bridgehead atoms. The first-order chi connectivity index (χ1) is 8.58. The monoisotopic (exact) mass is 266 g/mol. The number of anilines is 1. The van der Waals surface area contributed by atoms with Crippen molar-refractivity contribution < 1.29 is 0 Å². The van der Waals surface area contributed by atoms with Crippen molar-refractivity contribution in [2.75, 3.05) is 32.1 Å². The van der Waals surface area contributed by atoms with Gasteiger partial charge >= 0.3 is 0 Å². The molecule has 1 heterocycles. The Balaban J connectivity index is 2.42. The van der Waals surface area contributed by atoms with E-state index in [0.717, 1.165) is 17.4 Å². The first-order valence-corrected chi connectivity index (χ1v) is 6.41. The van der Waals surface area contributed by atoms with Gasteiger partial charge in [-0.3, -0.25) is 10.3 Å². The van der Waals surface area contributed by atoms with Crippen LogP contribution in [-0.2, 0) is 0 Å². The van der Waals surface area contributed by atoms with E-state index in [1.54, 1.807) is 18.4 Å². The number of hydrogen-bond acceptors (Lipinski definition) is 5. The molecule has 1 rings (SSSR count). The number of guanidine groups is 1. The Labute approximate surface area is 111 Å². The van der Waals surface area contributed by atoms with Crippen molar-refractivity contribution in [3.63, 3.8) is 0 Å². The maximum absolute atomic E-state index is 8.49. The predicted octanol–water partition coefficient (Wildman–Crippen LogP) is 0.842. The third-order valence-corrected chi connectivity index (χ3v) is 3.67. The molecule has 0 radical (unpaired) electrons. The van der Waals surface area contributed by atoms with Crippen LogP contribution in [0, 0.1) is 25.3 Å². The topological polar surface area (TPSA) is 76.3 Å². The lowest BCUT2D eigenvalue weighted by atomic mass is 10.4. The minimum atomic E-state index is 0.484. The van der Waals surface area contributed by atoms with Gasteiger partial charge in [-0.15, -0.1) is 11.3 Å². The normalized spacial score (nSPS) is 10.9. The van der Waals surface area contributed by atoms with Gasteiger partial charge in [0.05, 0.1) is 5.69 Å². The number of aryl methyl sites for hydroxylation is 2. The molecule has 0 saturated heterocycles. The molecule has 7 heteroatoms. The molecular formula is C11H18N6S. The lowest BCUT2D eigenvalue weighted by Gasteiger charge is -2.16. The Hall–Kier alpha value is -1.81. The molecule has 2 N–H and O–H groups in total. The molecule has 18 heavy (non-hydrogen) atoms. The highest BCUT2D eigenvalue weighted by Crippen LogP contribution is 2.23. The molecule has 98 valence electrons. The number of nitriles is 1. The van der Waals surface area contributed by atoms with Gasteiger partial charge in [-0.1, -0.05) is 0 Å². The van der Waals surface area contributed by atoms with Crippen LogP contribution < -0.4 is 15.5 Å². The highest BCUT2D eigenvalue weighted by molar-refractivity contribution is 7.15. The van der Waals surface area contributed by atoms with Crippen molar-refractivity contribution in [2.45, 2.75) is 13.8 Å². The van der Waals surface area contributed by atoms with E-state index in [1.807, 2.05) is 20.2 Å². The number of aliphatic imine (C=N–C) groups is 1. The highest BCUT2D eigenvalue weighted by Gasteiger charge is 2.08. The van der Waals surface area contributed by atoms with E-state index >= 15 is 0 Å². The lowest BCUT2D eigenvalue weighted by molar-refractivity contribution is 0.804. The second kappa shape index (κ2) is 6.81. The van der Waals surface area contributed by atoms with Crippen LogP contribution in [0.15, 0.2) is 4.99 Å². The van der Waals surface area contributed by atoms with Crippen molar-refractivity contribution in [1.29, 1.82) is 5.26 Å². The first-order valence-electron chi connectivity index (χ1n) is 5.59. The lowest BCUT2D eigenvalue weighted by Crippen LogP contribution is -2.39. The molecule has 0 aromatic carbocycles. The van der Waals surface area contributed by atoms with E-state index in [4.69, 9.17) is 5.26 Å². The number of likely N-dealkylation sites (N-methyl/N-ethyl adjacent to an activating group) is 1. The Bertz CT molecular complexity index is 439. The van der Waals surface area contributed by atoms with Gasteiger partial charge in [0, 0.05) is 32.1 Å². The van der Waals surface area contributed by atoms with E-state index < -0.39 is 0 Å². The summed E-state index contributed by atoms with van der Waals surface area (Å²) < 4.78 is 0. The third kappa shape index (κ3) is 3.89. The zero-order valence-corrected chi connectivity index (χ0v) is 11.9. The molecule has 0 atom stereocenters. The van der Waals surface area contributed by atoms with E-state index in [1.165, 1.54) is 4.88 Å². The van der Waals surface area contributed by atoms with Crippen molar-refractivity contribution in [1.82, 2.24) is 15.6 Å². The molecule has 0 unspecified atom stereocenters. The molecule has 0 aliphatic carbocycles. The summed E-state index contributed by atoms with van der Waals surface area (Å²) in [6, 6.07) is 0. The minimum Gasteiger partial charge on any atom is -0.354 e. The summed E-state index contributed by atoms with van der Waals surface area (Å²) >= 11 is 1.69. The number of hydrogen-bond donors (Lipinski definition) is 2.